The van der Waals surface area contributed by atoms with Gasteiger partial charge in [0.05, 0.1) is 8.76 Å². The number of nitrogens with one attached hydrogen (secondary N) is 2. The summed E-state index contributed by atoms with van der Waals surface area (Å²) in [6, 6.07) is 3.54. The van der Waals surface area contributed by atoms with E-state index in [1.807, 2.05) is 0 Å². The van der Waals surface area contributed by atoms with Crippen molar-refractivity contribution in [2.24, 2.45) is 0 Å². The standard InChI is InChI=1S/C16H21N3O2/c1-19(2)6-5-12-9-17-15-4-3-11(8-14(12)15)7-13-10-21-16(20)18-13/h3-4,8-9,13,17H,5-7,10H2,1-2H3,(H,18,20)/t13-/m0/s1/i1D3,9D,13D/hD2. The quantitative estimate of drug-likeness (QED) is 0.886. The zero-order valence-corrected chi connectivity index (χ0v) is 11.7. The number of amides is 1. The minimum Gasteiger partial charge on any atom is -0.447 e. The van der Waals surface area contributed by atoms with Crippen LogP contribution in [0.15, 0.2) is 24.4 Å². The van der Waals surface area contributed by atoms with Gasteiger partial charge in [-0.3, -0.25) is 0 Å². The molecule has 2 N–H and O–H groups in total. The van der Waals surface area contributed by atoms with Crippen molar-refractivity contribution >= 4 is 17.0 Å². The predicted molar refractivity (Wildman–Crippen MR) is 82.5 cm³/mol. The van der Waals surface area contributed by atoms with E-state index in [0.717, 1.165) is 4.98 Å². The van der Waals surface area contributed by atoms with Crippen molar-refractivity contribution in [3.05, 3.63) is 35.5 Å². The first-order valence-corrected chi connectivity index (χ1v) is 6.73. The summed E-state index contributed by atoms with van der Waals surface area (Å²) in [5, 5.41) is 1.14. The lowest BCUT2D eigenvalue weighted by Crippen LogP contribution is -2.28. The van der Waals surface area contributed by atoms with E-state index in [9.17, 15) is 4.79 Å². The largest absolute Gasteiger partial charge is 0.447 e. The number of hydrogen-bond acceptors (Lipinski definition) is 3. The Morgan fingerprint density at radius 3 is 3.33 bits per heavy atom. The minimum absolute atomic E-state index is 0.0202. The lowest BCUT2D eigenvalue weighted by Gasteiger charge is -2.09. The summed E-state index contributed by atoms with van der Waals surface area (Å²) < 4.78 is 59.3. The van der Waals surface area contributed by atoms with Crippen LogP contribution in [0.25, 0.3) is 10.9 Å². The van der Waals surface area contributed by atoms with Gasteiger partial charge >= 0.3 is 6.09 Å². The third kappa shape index (κ3) is 3.19. The summed E-state index contributed by atoms with van der Waals surface area (Å²) in [5.41, 5.74) is 1.71. The van der Waals surface area contributed by atoms with E-state index in [1.54, 1.807) is 18.2 Å². The lowest BCUT2D eigenvalue weighted by atomic mass is 10.0. The molecule has 21 heavy (non-hydrogen) atoms. The van der Waals surface area contributed by atoms with Crippen LogP contribution in [0.4, 0.5) is 4.79 Å². The van der Waals surface area contributed by atoms with Gasteiger partial charge in [0, 0.05) is 27.7 Å². The number of fused-ring (bicyclic) bond motifs is 1. The molecule has 5 heteroatoms. The van der Waals surface area contributed by atoms with Gasteiger partial charge in [0.15, 0.2) is 2.82 Å². The number of benzene rings is 1. The molecule has 0 spiro atoms. The number of aromatic nitrogens is 1. The SMILES string of the molecule is [2H]c1c(CCN(C)C([2H])([2H])[2H])c2cc(C[C@@]3([2H])COC(=O)N3[2H])ccc2n1[2H]. The molecule has 0 aliphatic carbocycles. The summed E-state index contributed by atoms with van der Waals surface area (Å²) in [5.74, 6) is 0. The van der Waals surface area contributed by atoms with E-state index < -0.39 is 19.1 Å². The summed E-state index contributed by atoms with van der Waals surface area (Å²) in [4.78, 5) is 13.6. The number of nitrogens with zero attached hydrogens (tertiary/aromatic N) is 1. The molecule has 0 saturated carbocycles. The van der Waals surface area contributed by atoms with Crippen LogP contribution in [0, 0.1) is 0 Å². The van der Waals surface area contributed by atoms with Gasteiger partial charge in [-0.15, -0.1) is 0 Å². The van der Waals surface area contributed by atoms with Crippen molar-refractivity contribution in [1.29, 1.82) is 0 Å². The topological polar surface area (TPSA) is 57.4 Å². The monoisotopic (exact) mass is 294 g/mol. The maximum absolute atomic E-state index is 11.4. The molecule has 1 fully saturated rings. The average molecular weight is 294 g/mol. The van der Waals surface area contributed by atoms with E-state index in [2.05, 4.69) is 0 Å². The first kappa shape index (κ1) is 7.84. The molecule has 0 bridgehead atoms. The van der Waals surface area contributed by atoms with E-state index in [0.29, 0.717) is 27.3 Å². The van der Waals surface area contributed by atoms with Crippen molar-refractivity contribution in [1.82, 2.24) is 15.2 Å². The van der Waals surface area contributed by atoms with Gasteiger partial charge in [-0.25, -0.2) is 4.79 Å². The Morgan fingerprint density at radius 2 is 2.57 bits per heavy atom. The van der Waals surface area contributed by atoms with Crippen LogP contribution in [0.1, 0.15) is 18.0 Å². The van der Waals surface area contributed by atoms with Crippen LogP contribution < -0.4 is 5.31 Å². The zero-order valence-electron chi connectivity index (χ0n) is 18.7. The molecule has 1 amide bonds. The molecule has 112 valence electrons. The maximum Gasteiger partial charge on any atom is 0.407 e. The fourth-order valence-corrected chi connectivity index (χ4v) is 2.36. The first-order valence-electron chi connectivity index (χ1n) is 10.1. The van der Waals surface area contributed by atoms with E-state index in [-0.39, 0.29) is 32.2 Å². The molecule has 1 aliphatic rings. The van der Waals surface area contributed by atoms with Crippen molar-refractivity contribution in [3.8, 4) is 0 Å². The summed E-state index contributed by atoms with van der Waals surface area (Å²) in [6.45, 7) is -2.26. The molecule has 0 unspecified atom stereocenters. The number of alkyl carbamates (subject to hydrolysis) is 1. The van der Waals surface area contributed by atoms with Crippen molar-refractivity contribution in [2.75, 3.05) is 27.2 Å². The predicted octanol–water partition coefficient (Wildman–Crippen LogP) is 1.92. The molecular formula is C16H21N3O2. The molecule has 5 nitrogen and oxygen atoms in total. The molecule has 1 aromatic heterocycles. The van der Waals surface area contributed by atoms with E-state index in [1.165, 1.54) is 11.9 Å². The Hall–Kier alpha value is -2.01. The third-order valence-electron chi connectivity index (χ3n) is 3.41. The molecule has 2 heterocycles. The van der Waals surface area contributed by atoms with E-state index in [4.69, 9.17) is 14.4 Å². The van der Waals surface area contributed by atoms with Crippen LogP contribution in [0.2, 0.25) is 2.82 Å². The number of hydrogen-bond donors (Lipinski definition) is 2. The molecule has 1 atom stereocenters. The number of rotatable bonds is 5. The average Bonchev–Trinajstić information content (AvgIpc) is 3.01. The molecule has 1 aromatic carbocycles. The Kier molecular flexibility index (Phi) is 2.16. The molecule has 2 aromatic rings. The van der Waals surface area contributed by atoms with Gasteiger partial charge in [-0.1, -0.05) is 6.07 Å². The van der Waals surface area contributed by atoms with Crippen LogP contribution in [0.5, 0.6) is 0 Å². The van der Waals surface area contributed by atoms with Gasteiger partial charge in [-0.05, 0) is 50.1 Å². The number of cyclic esters (lactones) is 1. The number of carbonyl (C=O) groups excluding carboxylic acids is 1. The molecule has 0 radical (unpaired) electrons. The highest BCUT2D eigenvalue weighted by Gasteiger charge is 2.22. The van der Waals surface area contributed by atoms with Crippen LogP contribution in [-0.2, 0) is 17.6 Å². The fraction of sp³-hybridized carbons (Fsp3) is 0.438. The Balaban J connectivity index is 1.91. The van der Waals surface area contributed by atoms with Crippen LogP contribution >= 0.6 is 0 Å². The van der Waals surface area contributed by atoms with Gasteiger partial charge < -0.3 is 19.9 Å². The maximum atomic E-state index is 11.4. The van der Waals surface area contributed by atoms with Gasteiger partial charge in [0.1, 0.15) is 6.61 Å². The Bertz CT molecular complexity index is 914. The number of likely N-dealkylation sites (N-methyl/N-ethyl adjacent to an activating group) is 1. The number of aromatic amines is 1. The van der Waals surface area contributed by atoms with Crippen LogP contribution in [-0.4, -0.2) is 49.2 Å². The normalized spacial score (nSPS) is 27.6. The highest BCUT2D eigenvalue weighted by molar-refractivity contribution is 5.84. The summed E-state index contributed by atoms with van der Waals surface area (Å²) >= 11 is 0. The third-order valence-corrected chi connectivity index (χ3v) is 3.41. The summed E-state index contributed by atoms with van der Waals surface area (Å²) in [6.07, 6.45) is -0.551. The Labute approximate surface area is 134 Å². The van der Waals surface area contributed by atoms with Gasteiger partial charge in [-0.2, -0.15) is 0 Å². The molecule has 3 rings (SSSR count). The lowest BCUT2D eigenvalue weighted by molar-refractivity contribution is 0.177. The number of carbonyl (C=O) groups is 1. The molecular weight excluding hydrogens is 266 g/mol. The van der Waals surface area contributed by atoms with Gasteiger partial charge in [0.25, 0.3) is 0 Å². The molecule has 1 saturated heterocycles. The van der Waals surface area contributed by atoms with Crippen LogP contribution in [0.3, 0.4) is 0 Å². The van der Waals surface area contributed by atoms with E-state index >= 15 is 0 Å². The minimum atomic E-state index is -2.24. The second-order valence-corrected chi connectivity index (χ2v) is 5.13. The van der Waals surface area contributed by atoms with Gasteiger partial charge in [0.2, 0.25) is 0 Å². The number of H-pyrrole nitrogens is 1. The van der Waals surface area contributed by atoms with Crippen molar-refractivity contribution in [2.45, 2.75) is 18.9 Å². The number of ether oxygens (including phenoxy) is 1. The fourth-order valence-electron chi connectivity index (χ4n) is 2.36. The smallest absolute Gasteiger partial charge is 0.407 e. The second-order valence-electron chi connectivity index (χ2n) is 5.13. The second kappa shape index (κ2) is 5.77. The molecule has 1 aliphatic heterocycles. The zero-order chi connectivity index (χ0) is 20.9. The Morgan fingerprint density at radius 1 is 1.67 bits per heavy atom. The first-order chi connectivity index (χ1) is 12.9. The van der Waals surface area contributed by atoms with Crippen molar-refractivity contribution in [3.63, 3.8) is 0 Å². The van der Waals surface area contributed by atoms with Crippen molar-refractivity contribution < 1.29 is 19.2 Å². The highest BCUT2D eigenvalue weighted by Crippen LogP contribution is 2.21. The highest BCUT2D eigenvalue weighted by atomic mass is 16.6. The summed E-state index contributed by atoms with van der Waals surface area (Å²) in [7, 11) is 1.48.